The molecular weight excluding hydrogens is 1030 g/mol. The minimum absolute atomic E-state index is 0. The van der Waals surface area contributed by atoms with E-state index >= 15 is 0 Å². The van der Waals surface area contributed by atoms with E-state index in [0.29, 0.717) is 22.7 Å². The van der Waals surface area contributed by atoms with Gasteiger partial charge in [0, 0.05) is 36.8 Å². The van der Waals surface area contributed by atoms with Crippen molar-refractivity contribution in [2.75, 3.05) is 0 Å². The summed E-state index contributed by atoms with van der Waals surface area (Å²) in [6.45, 7) is 11.1. The second kappa shape index (κ2) is 17.2. The van der Waals surface area contributed by atoms with Gasteiger partial charge in [0.05, 0.1) is 30.4 Å². The zero-order valence-corrected chi connectivity index (χ0v) is 41.4. The Morgan fingerprint density at radius 3 is 1.99 bits per heavy atom. The Balaban J connectivity index is 0.00000344. The predicted octanol–water partition coefficient (Wildman–Crippen LogP) is 13.5. The van der Waals surface area contributed by atoms with Crippen LogP contribution in [-0.4, -0.2) is 22.2 Å². The summed E-state index contributed by atoms with van der Waals surface area (Å²) in [6.07, 6.45) is 5.41. The number of imidazole rings is 1. The molecule has 11 aromatic rings. The Morgan fingerprint density at radius 1 is 0.632 bits per heavy atom. The maximum absolute atomic E-state index is 9.13. The second-order valence-corrected chi connectivity index (χ2v) is 22.4. The van der Waals surface area contributed by atoms with Gasteiger partial charge in [-0.2, -0.15) is 12.1 Å². The number of para-hydroxylation sites is 3. The van der Waals surface area contributed by atoms with E-state index in [9.17, 15) is 0 Å². The van der Waals surface area contributed by atoms with E-state index in [4.69, 9.17) is 23.4 Å². The van der Waals surface area contributed by atoms with E-state index < -0.39 is 68.5 Å². The average Bonchev–Trinajstić information content (AvgIpc) is 3.83. The smallest absolute Gasteiger partial charge is 0.510 e. The van der Waals surface area contributed by atoms with Crippen molar-refractivity contribution in [2.24, 2.45) is 0 Å². The molecule has 1 aliphatic rings. The summed E-state index contributed by atoms with van der Waals surface area (Å²) >= 11 is 0. The van der Waals surface area contributed by atoms with Gasteiger partial charge in [-0.25, -0.2) is 4.98 Å². The molecule has 3 aromatic heterocycles. The Hall–Kier alpha value is -7.11. The molecular formula is C61H49N4OPtSi+. The summed E-state index contributed by atoms with van der Waals surface area (Å²) < 4.78 is 101. The Bertz CT molecular complexity index is 4160. The molecule has 0 spiro atoms. The number of fused-ring (bicyclic) bond motifs is 5. The van der Waals surface area contributed by atoms with Crippen LogP contribution in [0.25, 0.3) is 83.4 Å². The van der Waals surface area contributed by atoms with Crippen LogP contribution in [0.5, 0.6) is 11.5 Å². The van der Waals surface area contributed by atoms with Crippen LogP contribution in [0, 0.1) is 25.9 Å². The summed E-state index contributed by atoms with van der Waals surface area (Å²) in [7, 11) is -2.57. The monoisotopic (exact) mass is 1090 g/mol. The summed E-state index contributed by atoms with van der Waals surface area (Å²) in [5, 5.41) is 4.10. The molecule has 0 radical (unpaired) electrons. The molecule has 5 nitrogen and oxygen atoms in total. The van der Waals surface area contributed by atoms with Crippen LogP contribution in [-0.2, 0) is 26.5 Å². The van der Waals surface area contributed by atoms with E-state index in [-0.39, 0.29) is 61.8 Å². The van der Waals surface area contributed by atoms with Crippen LogP contribution in [0.15, 0.2) is 188 Å². The summed E-state index contributed by atoms with van der Waals surface area (Å²) in [5.41, 5.74) is 7.22. The molecule has 0 N–H and O–H groups in total. The maximum Gasteiger partial charge on any atom is 4.00 e. The molecule has 0 unspecified atom stereocenters. The van der Waals surface area contributed by atoms with Crippen LogP contribution in [0.2, 0.25) is 13.1 Å². The minimum atomic E-state index is -2.57. The second-order valence-electron chi connectivity index (χ2n) is 18.1. The molecule has 332 valence electrons. The fourth-order valence-electron chi connectivity index (χ4n) is 9.53. The number of pyridine rings is 1. The number of aromatic nitrogens is 4. The van der Waals surface area contributed by atoms with Gasteiger partial charge >= 0.3 is 21.1 Å². The van der Waals surface area contributed by atoms with E-state index in [0.717, 1.165) is 60.2 Å². The van der Waals surface area contributed by atoms with Crippen LogP contribution in [0.4, 0.5) is 0 Å². The van der Waals surface area contributed by atoms with Crippen molar-refractivity contribution in [1.29, 1.82) is 0 Å². The number of nitrogens with zero attached hydrogens (tertiary/aromatic N) is 4. The molecule has 68 heavy (non-hydrogen) atoms. The Morgan fingerprint density at radius 2 is 1.28 bits per heavy atom. The molecule has 0 fully saturated rings. The molecule has 4 heterocycles. The topological polar surface area (TPSA) is 35.9 Å². The first kappa shape index (κ1) is 34.2. The van der Waals surface area contributed by atoms with Gasteiger partial charge in [0.1, 0.15) is 5.82 Å². The number of rotatable bonds is 7. The zero-order chi connectivity index (χ0) is 53.4. The van der Waals surface area contributed by atoms with Crippen LogP contribution < -0.4 is 19.7 Å². The van der Waals surface area contributed by atoms with E-state index in [2.05, 4.69) is 118 Å². The average molecular weight is 1090 g/mol. The van der Waals surface area contributed by atoms with Crippen molar-refractivity contribution in [1.82, 2.24) is 14.1 Å². The molecule has 0 bridgehead atoms. The predicted molar refractivity (Wildman–Crippen MR) is 278 cm³/mol. The zero-order valence-electron chi connectivity index (χ0n) is 48.1. The van der Waals surface area contributed by atoms with Gasteiger partial charge in [-0.3, -0.25) is 4.57 Å². The van der Waals surface area contributed by atoms with Gasteiger partial charge in [-0.1, -0.05) is 190 Å². The SMILES string of the molecule is [2H]c1c([2H])c([2H])c(-c2cccc(-c3c([2H])c([2H])c([2H])c([2H])c3[2H])c2-[n+]2[c-]n3c4c(cccc42)[Si](C)(C)c2ccc(Oc4[c-]c5c(cc4)c4cccc(-c6ccccc6)c4n5-c4cc(C(C)(C)C)ccn4)[c-]c2-3)c([2H])c1[2H].[CH3-].[Pt+4]. The first-order valence-electron chi connectivity index (χ1n) is 26.8. The third kappa shape index (κ3) is 7.26. The normalized spacial score (nSPS) is 14.7. The largest absolute Gasteiger partial charge is 4.00 e. The third-order valence-electron chi connectivity index (χ3n) is 12.8. The summed E-state index contributed by atoms with van der Waals surface area (Å²) in [6, 6.07) is 41.6. The Labute approximate surface area is 428 Å². The van der Waals surface area contributed by atoms with Crippen molar-refractivity contribution in [3.63, 3.8) is 0 Å². The number of hydrogen-bond acceptors (Lipinski definition) is 2. The Kier molecular flexibility index (Phi) is 8.65. The van der Waals surface area contributed by atoms with Gasteiger partial charge < -0.3 is 21.3 Å². The van der Waals surface area contributed by atoms with Crippen molar-refractivity contribution < 1.29 is 44.1 Å². The van der Waals surface area contributed by atoms with E-state index in [1.165, 1.54) is 0 Å². The quantitative estimate of drug-likeness (QED) is 0.0906. The molecule has 0 saturated carbocycles. The molecule has 0 amide bonds. The van der Waals surface area contributed by atoms with Crippen LogP contribution >= 0.6 is 0 Å². The van der Waals surface area contributed by atoms with Gasteiger partial charge in [-0.05, 0) is 62.0 Å². The third-order valence-corrected chi connectivity index (χ3v) is 16.3. The molecule has 0 atom stereocenters. The van der Waals surface area contributed by atoms with Gasteiger partial charge in [0.15, 0.2) is 0 Å². The summed E-state index contributed by atoms with van der Waals surface area (Å²) in [4.78, 5) is 4.96. The minimum Gasteiger partial charge on any atom is -0.510 e. The molecule has 8 aromatic carbocycles. The van der Waals surface area contributed by atoms with Crippen molar-refractivity contribution in [3.8, 4) is 62.1 Å². The van der Waals surface area contributed by atoms with Gasteiger partial charge in [-0.15, -0.1) is 34.8 Å². The number of hydrogen-bond donors (Lipinski definition) is 0. The number of ether oxygens (including phenoxy) is 1. The molecule has 12 rings (SSSR count). The van der Waals surface area contributed by atoms with Gasteiger partial charge in [0.25, 0.3) is 6.33 Å². The summed E-state index contributed by atoms with van der Waals surface area (Å²) in [5.74, 6) is 1.60. The van der Waals surface area contributed by atoms with Crippen LogP contribution in [0.3, 0.4) is 0 Å². The van der Waals surface area contributed by atoms with Crippen LogP contribution in [0.1, 0.15) is 40.0 Å². The first-order chi connectivity index (χ1) is 36.3. The number of benzene rings is 8. The fraction of sp³-hybridized carbons (Fsp3) is 0.0984. The molecule has 0 saturated heterocycles. The van der Waals surface area contributed by atoms with Crippen molar-refractivity contribution >= 4 is 51.3 Å². The van der Waals surface area contributed by atoms with E-state index in [1.807, 2.05) is 53.2 Å². The molecule has 0 aliphatic carbocycles. The first-order valence-corrected chi connectivity index (χ1v) is 24.8. The van der Waals surface area contributed by atoms with Crippen molar-refractivity contribution in [2.45, 2.75) is 39.3 Å². The van der Waals surface area contributed by atoms with E-state index in [1.54, 1.807) is 22.8 Å². The molecule has 7 heteroatoms. The molecule has 1 aliphatic heterocycles. The van der Waals surface area contributed by atoms with Crippen molar-refractivity contribution in [3.05, 3.63) is 219 Å². The van der Waals surface area contributed by atoms with Gasteiger partial charge in [0.2, 0.25) is 0 Å². The fourth-order valence-corrected chi connectivity index (χ4v) is 12.4. The maximum atomic E-state index is 9.13. The standard InChI is InChI=1S/C60H46N4OSi.CH3.Pt/c1-60(2,3)43-34-35-61-56(36-43)64-52-37-44(30-32-49(52)50-27-16-26-48(58(50)64)42-22-13-8-14-23-42)65-45-31-33-54-53(38-45)63-39-62(51-28-17-29-55(59(51)63)66(54,4)5)57-46(40-18-9-6-10-19-40)24-15-25-47(57)41-20-11-7-12-21-41;;/h6-36H,1-5H3;1H3;/q-2;-1;+4/i6D,7D,9D,10D,11D,12D,18D,19D,20D,21D;;.